The molecule has 1 aliphatic heterocycles. The summed E-state index contributed by atoms with van der Waals surface area (Å²) in [7, 11) is 3.04. The van der Waals surface area contributed by atoms with Crippen LogP contribution < -0.4 is 20.2 Å². The highest BCUT2D eigenvalue weighted by atomic mass is 35.5. The van der Waals surface area contributed by atoms with E-state index in [-0.39, 0.29) is 11.3 Å². The second kappa shape index (κ2) is 8.06. The Labute approximate surface area is 173 Å². The summed E-state index contributed by atoms with van der Waals surface area (Å²) < 4.78 is 17.3. The molecule has 0 saturated carbocycles. The molecule has 1 saturated heterocycles. The van der Waals surface area contributed by atoms with E-state index in [4.69, 9.17) is 25.5 Å². The van der Waals surface area contributed by atoms with Gasteiger partial charge in [-0.3, -0.25) is 4.79 Å². The second-order valence-electron chi connectivity index (χ2n) is 7.02. The van der Waals surface area contributed by atoms with Crippen molar-refractivity contribution in [3.8, 4) is 22.8 Å². The predicted molar refractivity (Wildman–Crippen MR) is 112 cm³/mol. The summed E-state index contributed by atoms with van der Waals surface area (Å²) in [4.78, 5) is 13.1. The Balaban J connectivity index is 2.07. The summed E-state index contributed by atoms with van der Waals surface area (Å²) in [6, 6.07) is 10.3. The molecule has 2 aromatic carbocycles. The number of β-amino-alcohol motifs (C(OH)–C–C–N with tert-alkyl or cyclic N) is 1. The monoisotopic (exact) mass is 415 g/mol. The molecule has 2 N–H and O–H groups in total. The largest absolute Gasteiger partial charge is 0.496 e. The molecule has 2 unspecified atom stereocenters. The first kappa shape index (κ1) is 19.8. The van der Waals surface area contributed by atoms with Crippen LogP contribution in [0.1, 0.15) is 17.9 Å². The average Bonchev–Trinajstić information content (AvgIpc) is 2.73. The van der Waals surface area contributed by atoms with Crippen molar-refractivity contribution in [2.24, 2.45) is 0 Å². The highest BCUT2D eigenvalue weighted by molar-refractivity contribution is 6.33. The number of piperidine rings is 1. The third-order valence-electron chi connectivity index (χ3n) is 5.37. The maximum absolute atomic E-state index is 13.1. The van der Waals surface area contributed by atoms with Crippen molar-refractivity contribution in [2.45, 2.75) is 18.4 Å². The van der Waals surface area contributed by atoms with Crippen molar-refractivity contribution < 1.29 is 19.0 Å². The molecule has 0 radical (unpaired) electrons. The van der Waals surface area contributed by atoms with Crippen LogP contribution in [0.25, 0.3) is 22.3 Å². The SMILES string of the molecule is COc1cc(OC)c2c(=O)cc(-c3ccccc3Cl)oc2c1C1CCNCC1O. The van der Waals surface area contributed by atoms with E-state index in [0.717, 1.165) is 6.54 Å². The van der Waals surface area contributed by atoms with Crippen LogP contribution in [0.4, 0.5) is 0 Å². The van der Waals surface area contributed by atoms with E-state index in [1.807, 2.05) is 12.1 Å². The quantitative estimate of drug-likeness (QED) is 0.678. The summed E-state index contributed by atoms with van der Waals surface area (Å²) in [5, 5.41) is 14.6. The maximum Gasteiger partial charge on any atom is 0.197 e. The fourth-order valence-corrected chi connectivity index (χ4v) is 4.18. The lowest BCUT2D eigenvalue weighted by atomic mass is 9.86. The van der Waals surface area contributed by atoms with Crippen molar-refractivity contribution in [1.29, 1.82) is 0 Å². The van der Waals surface area contributed by atoms with Gasteiger partial charge in [0.25, 0.3) is 0 Å². The number of hydrogen-bond acceptors (Lipinski definition) is 6. The normalized spacial score (nSPS) is 19.3. The lowest BCUT2D eigenvalue weighted by Crippen LogP contribution is -2.39. The van der Waals surface area contributed by atoms with Gasteiger partial charge in [0.2, 0.25) is 0 Å². The van der Waals surface area contributed by atoms with E-state index in [1.54, 1.807) is 25.3 Å². The number of methoxy groups -OCH3 is 2. The van der Waals surface area contributed by atoms with Crippen LogP contribution in [-0.2, 0) is 0 Å². The van der Waals surface area contributed by atoms with Crippen molar-refractivity contribution in [3.63, 3.8) is 0 Å². The van der Waals surface area contributed by atoms with Crippen LogP contribution in [-0.4, -0.2) is 38.5 Å². The van der Waals surface area contributed by atoms with Gasteiger partial charge in [-0.2, -0.15) is 0 Å². The van der Waals surface area contributed by atoms with Gasteiger partial charge >= 0.3 is 0 Å². The molecule has 7 heteroatoms. The number of fused-ring (bicyclic) bond motifs is 1. The van der Waals surface area contributed by atoms with Gasteiger partial charge in [0.05, 0.1) is 25.3 Å². The first-order chi connectivity index (χ1) is 14.0. The number of hydrogen-bond donors (Lipinski definition) is 2. The van der Waals surface area contributed by atoms with E-state index in [2.05, 4.69) is 5.32 Å². The van der Waals surface area contributed by atoms with Gasteiger partial charge in [-0.15, -0.1) is 0 Å². The number of rotatable bonds is 4. The van der Waals surface area contributed by atoms with Crippen molar-refractivity contribution in [1.82, 2.24) is 5.32 Å². The zero-order valence-electron chi connectivity index (χ0n) is 16.2. The number of halogens is 1. The van der Waals surface area contributed by atoms with Crippen molar-refractivity contribution in [2.75, 3.05) is 27.3 Å². The lowest BCUT2D eigenvalue weighted by molar-refractivity contribution is 0.117. The minimum atomic E-state index is -0.636. The summed E-state index contributed by atoms with van der Waals surface area (Å²) in [6.45, 7) is 1.20. The number of aliphatic hydroxyl groups is 1. The third kappa shape index (κ3) is 3.48. The molecule has 0 bridgehead atoms. The Bertz CT molecular complexity index is 1110. The van der Waals surface area contributed by atoms with E-state index < -0.39 is 6.10 Å². The molecule has 1 aliphatic rings. The zero-order valence-corrected chi connectivity index (χ0v) is 17.0. The smallest absolute Gasteiger partial charge is 0.197 e. The standard InChI is InChI=1S/C22H22ClNO5/c1-27-18-10-19(28-2)21-15(25)9-17(12-5-3-4-6-14(12)23)29-22(21)20(18)13-7-8-24-11-16(13)26/h3-6,9-10,13,16,24,26H,7-8,11H2,1-2H3. The van der Waals surface area contributed by atoms with E-state index in [0.29, 0.717) is 57.3 Å². The van der Waals surface area contributed by atoms with Gasteiger partial charge in [-0.25, -0.2) is 0 Å². The summed E-state index contributed by atoms with van der Waals surface area (Å²) in [5.41, 5.74) is 1.40. The minimum absolute atomic E-state index is 0.245. The molecule has 4 rings (SSSR count). The average molecular weight is 416 g/mol. The molecule has 29 heavy (non-hydrogen) atoms. The number of benzene rings is 2. The van der Waals surface area contributed by atoms with E-state index in [1.165, 1.54) is 13.2 Å². The molecule has 3 aromatic rings. The molecule has 2 atom stereocenters. The molecular weight excluding hydrogens is 394 g/mol. The molecule has 1 fully saturated rings. The zero-order chi connectivity index (χ0) is 20.5. The molecule has 2 heterocycles. The highest BCUT2D eigenvalue weighted by Crippen LogP contribution is 2.43. The van der Waals surface area contributed by atoms with Gasteiger partial charge in [0.1, 0.15) is 28.2 Å². The number of aliphatic hydroxyl groups excluding tert-OH is 1. The molecular formula is C22H22ClNO5. The number of nitrogens with one attached hydrogen (secondary N) is 1. The molecule has 0 spiro atoms. The number of ether oxygens (including phenoxy) is 2. The van der Waals surface area contributed by atoms with Crippen LogP contribution in [0.2, 0.25) is 5.02 Å². The second-order valence-corrected chi connectivity index (χ2v) is 7.43. The third-order valence-corrected chi connectivity index (χ3v) is 5.70. The van der Waals surface area contributed by atoms with Crippen LogP contribution in [0.3, 0.4) is 0 Å². The fourth-order valence-electron chi connectivity index (χ4n) is 3.95. The summed E-state index contributed by atoms with van der Waals surface area (Å²) in [5.74, 6) is 0.987. The first-order valence-corrected chi connectivity index (χ1v) is 9.79. The van der Waals surface area contributed by atoms with Gasteiger partial charge < -0.3 is 24.3 Å². The van der Waals surface area contributed by atoms with Gasteiger partial charge in [-0.05, 0) is 25.1 Å². The minimum Gasteiger partial charge on any atom is -0.496 e. The van der Waals surface area contributed by atoms with Gasteiger partial charge in [-0.1, -0.05) is 23.7 Å². The maximum atomic E-state index is 13.1. The predicted octanol–water partition coefficient (Wildman–Crippen LogP) is 3.57. The van der Waals surface area contributed by atoms with Crippen LogP contribution in [0, 0.1) is 0 Å². The van der Waals surface area contributed by atoms with Crippen molar-refractivity contribution >= 4 is 22.6 Å². The molecule has 152 valence electrons. The van der Waals surface area contributed by atoms with Gasteiger partial charge in [0.15, 0.2) is 5.43 Å². The Morgan fingerprint density at radius 1 is 1.17 bits per heavy atom. The van der Waals surface area contributed by atoms with Crippen LogP contribution in [0.15, 0.2) is 45.6 Å². The Morgan fingerprint density at radius 2 is 1.93 bits per heavy atom. The van der Waals surface area contributed by atoms with Crippen LogP contribution >= 0.6 is 11.6 Å². The molecule has 0 amide bonds. The summed E-state index contributed by atoms with van der Waals surface area (Å²) >= 11 is 6.33. The topological polar surface area (TPSA) is 80.9 Å². The van der Waals surface area contributed by atoms with E-state index >= 15 is 0 Å². The first-order valence-electron chi connectivity index (χ1n) is 9.41. The Morgan fingerprint density at radius 3 is 2.62 bits per heavy atom. The molecule has 6 nitrogen and oxygen atoms in total. The molecule has 1 aromatic heterocycles. The van der Waals surface area contributed by atoms with Gasteiger partial charge in [0, 0.05) is 35.7 Å². The summed E-state index contributed by atoms with van der Waals surface area (Å²) in [6.07, 6.45) is 0.0439. The van der Waals surface area contributed by atoms with Crippen LogP contribution in [0.5, 0.6) is 11.5 Å². The highest BCUT2D eigenvalue weighted by Gasteiger charge is 2.32. The Kier molecular flexibility index (Phi) is 5.50. The lowest BCUT2D eigenvalue weighted by Gasteiger charge is -2.30. The molecule has 0 aliphatic carbocycles. The van der Waals surface area contributed by atoms with Crippen molar-refractivity contribution in [3.05, 3.63) is 57.2 Å². The Hall–Kier alpha value is -2.54. The fraction of sp³-hybridized carbons (Fsp3) is 0.318. The van der Waals surface area contributed by atoms with E-state index in [9.17, 15) is 9.90 Å².